The molecule has 0 saturated heterocycles. The molecule has 0 radical (unpaired) electrons. The third-order valence-corrected chi connectivity index (χ3v) is 5.81. The second kappa shape index (κ2) is 8.74. The Morgan fingerprint density at radius 2 is 2.15 bits per heavy atom. The monoisotopic (exact) mass is 320 g/mol. The summed E-state index contributed by atoms with van der Waals surface area (Å²) in [6, 6.07) is 1.56. The lowest BCUT2D eigenvalue weighted by molar-refractivity contribution is 0.171. The maximum Gasteiger partial charge on any atom is 0.250 e. The Hall–Kier alpha value is -0.470. The van der Waals surface area contributed by atoms with Gasteiger partial charge in [-0.15, -0.1) is 11.3 Å². The fourth-order valence-corrected chi connectivity index (χ4v) is 4.34. The van der Waals surface area contributed by atoms with Crippen molar-refractivity contribution >= 4 is 21.4 Å². The number of sulfonamides is 1. The molecule has 1 heterocycles. The molecule has 7 heteroatoms. The molecule has 20 heavy (non-hydrogen) atoms. The minimum Gasteiger partial charge on any atom is -0.383 e. The lowest BCUT2D eigenvalue weighted by Crippen LogP contribution is -2.37. The van der Waals surface area contributed by atoms with Crippen molar-refractivity contribution in [3.63, 3.8) is 0 Å². The molecule has 0 aliphatic heterocycles. The molecule has 1 aromatic heterocycles. The third-order valence-electron chi connectivity index (χ3n) is 2.80. The maximum atomic E-state index is 12.3. The van der Waals surface area contributed by atoms with Gasteiger partial charge in [-0.1, -0.05) is 20.3 Å². The molecule has 0 bridgehead atoms. The van der Waals surface area contributed by atoms with Crippen LogP contribution in [0.3, 0.4) is 0 Å². The molecule has 0 aliphatic rings. The highest BCUT2D eigenvalue weighted by molar-refractivity contribution is 7.91. The highest BCUT2D eigenvalue weighted by atomic mass is 32.2. The molecule has 0 saturated carbocycles. The van der Waals surface area contributed by atoms with Crippen LogP contribution in [0.25, 0.3) is 0 Å². The fraction of sp³-hybridized carbons (Fsp3) is 0.692. The molecule has 0 aromatic carbocycles. The van der Waals surface area contributed by atoms with Gasteiger partial charge in [0.2, 0.25) is 10.0 Å². The lowest BCUT2D eigenvalue weighted by atomic mass is 10.2. The summed E-state index contributed by atoms with van der Waals surface area (Å²) in [5.74, 6) is 0. The van der Waals surface area contributed by atoms with Crippen LogP contribution in [-0.2, 0) is 21.3 Å². The van der Waals surface area contributed by atoms with Gasteiger partial charge in [-0.25, -0.2) is 13.1 Å². The van der Waals surface area contributed by atoms with E-state index in [9.17, 15) is 8.42 Å². The summed E-state index contributed by atoms with van der Waals surface area (Å²) in [6.07, 6.45) is 1.68. The summed E-state index contributed by atoms with van der Waals surface area (Å²) in [4.78, 5) is 0. The van der Waals surface area contributed by atoms with Crippen LogP contribution in [0.5, 0.6) is 0 Å². The van der Waals surface area contributed by atoms with Gasteiger partial charge in [0.05, 0.1) is 6.61 Å². The van der Waals surface area contributed by atoms with Crippen LogP contribution in [0, 0.1) is 0 Å². The highest BCUT2D eigenvalue weighted by Crippen LogP contribution is 2.20. The predicted molar refractivity (Wildman–Crippen MR) is 82.6 cm³/mol. The van der Waals surface area contributed by atoms with Gasteiger partial charge in [0.1, 0.15) is 4.21 Å². The van der Waals surface area contributed by atoms with Crippen molar-refractivity contribution in [1.29, 1.82) is 0 Å². The van der Waals surface area contributed by atoms with Crippen LogP contribution in [-0.4, -0.2) is 34.7 Å². The summed E-state index contributed by atoms with van der Waals surface area (Å²) in [5, 5.41) is 5.06. The first-order valence-electron chi connectivity index (χ1n) is 6.82. The van der Waals surface area contributed by atoms with Crippen molar-refractivity contribution in [2.45, 2.75) is 43.5 Å². The zero-order valence-electron chi connectivity index (χ0n) is 12.3. The minimum absolute atomic E-state index is 0.172. The SMILES string of the molecule is CCCC(COC)NS(=O)(=O)c1cc(CNCC)cs1. The van der Waals surface area contributed by atoms with Gasteiger partial charge < -0.3 is 10.1 Å². The number of hydrogen-bond acceptors (Lipinski definition) is 5. The zero-order chi connectivity index (χ0) is 15.0. The van der Waals surface area contributed by atoms with Crippen molar-refractivity contribution in [3.8, 4) is 0 Å². The molecule has 1 unspecified atom stereocenters. The molecule has 2 N–H and O–H groups in total. The van der Waals surface area contributed by atoms with E-state index in [4.69, 9.17) is 4.74 Å². The van der Waals surface area contributed by atoms with Gasteiger partial charge in [-0.3, -0.25) is 0 Å². The molecular weight excluding hydrogens is 296 g/mol. The molecule has 1 aromatic rings. The van der Waals surface area contributed by atoms with Crippen LogP contribution in [0.1, 0.15) is 32.3 Å². The quantitative estimate of drug-likeness (QED) is 0.691. The first-order chi connectivity index (χ1) is 9.53. The summed E-state index contributed by atoms with van der Waals surface area (Å²) >= 11 is 1.25. The van der Waals surface area contributed by atoms with Crippen molar-refractivity contribution in [1.82, 2.24) is 10.0 Å². The van der Waals surface area contributed by atoms with Crippen molar-refractivity contribution in [3.05, 3.63) is 17.0 Å². The average molecular weight is 320 g/mol. The van der Waals surface area contributed by atoms with Gasteiger partial charge in [0.25, 0.3) is 0 Å². The van der Waals surface area contributed by atoms with Gasteiger partial charge in [-0.05, 0) is 30.0 Å². The molecule has 1 rings (SSSR count). The number of thiophene rings is 1. The normalized spacial score (nSPS) is 13.6. The second-order valence-corrected chi connectivity index (χ2v) is 7.47. The molecule has 0 aliphatic carbocycles. The van der Waals surface area contributed by atoms with Crippen LogP contribution < -0.4 is 10.0 Å². The Morgan fingerprint density at radius 3 is 2.75 bits per heavy atom. The van der Waals surface area contributed by atoms with Crippen LogP contribution in [0.4, 0.5) is 0 Å². The number of nitrogens with one attached hydrogen (secondary N) is 2. The first-order valence-corrected chi connectivity index (χ1v) is 9.19. The van der Waals surface area contributed by atoms with Gasteiger partial charge in [0.15, 0.2) is 0 Å². The summed E-state index contributed by atoms with van der Waals surface area (Å²) in [6.45, 7) is 5.99. The van der Waals surface area contributed by atoms with E-state index in [1.165, 1.54) is 11.3 Å². The van der Waals surface area contributed by atoms with Crippen LogP contribution >= 0.6 is 11.3 Å². The number of ether oxygens (including phenoxy) is 1. The highest BCUT2D eigenvalue weighted by Gasteiger charge is 2.21. The summed E-state index contributed by atoms with van der Waals surface area (Å²) in [7, 11) is -1.87. The maximum absolute atomic E-state index is 12.3. The smallest absolute Gasteiger partial charge is 0.250 e. The summed E-state index contributed by atoms with van der Waals surface area (Å²) < 4.78 is 32.8. The Kier molecular flexibility index (Phi) is 7.68. The first kappa shape index (κ1) is 17.6. The zero-order valence-corrected chi connectivity index (χ0v) is 13.9. The molecule has 1 atom stereocenters. The largest absolute Gasteiger partial charge is 0.383 e. The van der Waals surface area contributed by atoms with E-state index in [1.54, 1.807) is 13.2 Å². The van der Waals surface area contributed by atoms with E-state index in [1.807, 2.05) is 19.2 Å². The predicted octanol–water partition coefficient (Wildman–Crippen LogP) is 1.95. The molecular formula is C13H24N2O3S2. The van der Waals surface area contributed by atoms with Gasteiger partial charge >= 0.3 is 0 Å². The van der Waals surface area contributed by atoms with E-state index in [0.717, 1.165) is 24.9 Å². The van der Waals surface area contributed by atoms with Crippen molar-refractivity contribution < 1.29 is 13.2 Å². The average Bonchev–Trinajstić information content (AvgIpc) is 2.86. The number of methoxy groups -OCH3 is 1. The topological polar surface area (TPSA) is 67.4 Å². The Labute approximate surface area is 125 Å². The van der Waals surface area contributed by atoms with Crippen LogP contribution in [0.15, 0.2) is 15.7 Å². The molecule has 5 nitrogen and oxygen atoms in total. The van der Waals surface area contributed by atoms with Gasteiger partial charge in [-0.2, -0.15) is 0 Å². The van der Waals surface area contributed by atoms with Crippen molar-refractivity contribution in [2.24, 2.45) is 0 Å². The number of hydrogen-bond donors (Lipinski definition) is 2. The summed E-state index contributed by atoms with van der Waals surface area (Å²) in [5.41, 5.74) is 0.996. The Bertz CT molecular complexity index is 480. The third kappa shape index (κ3) is 5.49. The Morgan fingerprint density at radius 1 is 1.40 bits per heavy atom. The van der Waals surface area contributed by atoms with E-state index in [0.29, 0.717) is 17.4 Å². The molecule has 0 fully saturated rings. The molecule has 0 spiro atoms. The number of rotatable bonds is 10. The molecule has 0 amide bonds. The minimum atomic E-state index is -3.45. The van der Waals surface area contributed by atoms with Crippen molar-refractivity contribution in [2.75, 3.05) is 20.3 Å². The van der Waals surface area contributed by atoms with E-state index in [2.05, 4.69) is 10.0 Å². The Balaban J connectivity index is 2.73. The van der Waals surface area contributed by atoms with E-state index < -0.39 is 10.0 Å². The van der Waals surface area contributed by atoms with E-state index in [-0.39, 0.29) is 6.04 Å². The van der Waals surface area contributed by atoms with Gasteiger partial charge in [0, 0.05) is 19.7 Å². The lowest BCUT2D eigenvalue weighted by Gasteiger charge is -2.16. The van der Waals surface area contributed by atoms with E-state index >= 15 is 0 Å². The fourth-order valence-electron chi connectivity index (χ4n) is 1.86. The van der Waals surface area contributed by atoms with Crippen LogP contribution in [0.2, 0.25) is 0 Å². The standard InChI is InChI=1S/C13H24N2O3S2/c1-4-6-12(9-18-3)15-20(16,17)13-7-11(10-19-13)8-14-5-2/h7,10,12,14-15H,4-6,8-9H2,1-3H3. The molecule has 116 valence electrons. The second-order valence-electron chi connectivity index (χ2n) is 4.62.